The van der Waals surface area contributed by atoms with Gasteiger partial charge >= 0.3 is 0 Å². The van der Waals surface area contributed by atoms with E-state index in [4.69, 9.17) is 0 Å². The van der Waals surface area contributed by atoms with E-state index in [2.05, 4.69) is 29.6 Å². The molecule has 0 saturated heterocycles. The lowest BCUT2D eigenvalue weighted by Gasteiger charge is -2.37. The Morgan fingerprint density at radius 3 is 2.53 bits per heavy atom. The van der Waals surface area contributed by atoms with E-state index >= 15 is 0 Å². The van der Waals surface area contributed by atoms with Crippen LogP contribution in [0.4, 0.5) is 0 Å². The number of thioether (sulfide) groups is 1. The molecule has 104 valence electrons. The Morgan fingerprint density at radius 1 is 1.32 bits per heavy atom. The van der Waals surface area contributed by atoms with E-state index < -0.39 is 0 Å². The smallest absolute Gasteiger partial charge is 0.238 e. The van der Waals surface area contributed by atoms with E-state index in [1.165, 1.54) is 4.90 Å². The van der Waals surface area contributed by atoms with Crippen molar-refractivity contribution in [1.29, 1.82) is 0 Å². The molecule has 1 aliphatic carbocycles. The first kappa shape index (κ1) is 14.4. The van der Waals surface area contributed by atoms with E-state index in [1.54, 1.807) is 19.0 Å². The minimum atomic E-state index is -0.0809. The second-order valence-corrected chi connectivity index (χ2v) is 6.72. The molecule has 0 spiro atoms. The van der Waals surface area contributed by atoms with Crippen LogP contribution < -0.4 is 5.32 Å². The number of hydrogen-bond acceptors (Lipinski definition) is 3. The molecule has 0 aromatic heterocycles. The number of hydrogen-bond donors (Lipinski definition) is 1. The first-order valence-electron chi connectivity index (χ1n) is 6.75. The fraction of sp³-hybridized carbons (Fsp3) is 0.533. The highest BCUT2D eigenvalue weighted by Crippen LogP contribution is 2.36. The van der Waals surface area contributed by atoms with Gasteiger partial charge in [0.25, 0.3) is 0 Å². The van der Waals surface area contributed by atoms with Crippen LogP contribution >= 0.6 is 11.8 Å². The van der Waals surface area contributed by atoms with E-state index in [-0.39, 0.29) is 11.9 Å². The molecule has 1 atom stereocenters. The van der Waals surface area contributed by atoms with Gasteiger partial charge in [-0.25, -0.2) is 0 Å². The maximum absolute atomic E-state index is 11.7. The van der Waals surface area contributed by atoms with Crippen LogP contribution in [-0.4, -0.2) is 42.2 Å². The average molecular weight is 278 g/mol. The van der Waals surface area contributed by atoms with Gasteiger partial charge in [-0.05, 0) is 31.9 Å². The van der Waals surface area contributed by atoms with Gasteiger partial charge in [0.15, 0.2) is 0 Å². The minimum Gasteiger partial charge on any atom is -0.347 e. The normalized spacial score (nSPS) is 23.5. The number of carbonyl (C=O) groups excluding carboxylic acids is 1. The molecular weight excluding hydrogens is 256 g/mol. The Kier molecular flexibility index (Phi) is 4.88. The minimum absolute atomic E-state index is 0.0809. The fourth-order valence-corrected chi connectivity index (χ4v) is 3.66. The molecule has 0 bridgehead atoms. The molecule has 1 aliphatic rings. The van der Waals surface area contributed by atoms with Crippen molar-refractivity contribution >= 4 is 17.7 Å². The first-order chi connectivity index (χ1) is 9.06. The highest BCUT2D eigenvalue weighted by Gasteiger charge is 2.31. The monoisotopic (exact) mass is 278 g/mol. The van der Waals surface area contributed by atoms with Crippen LogP contribution in [0.2, 0.25) is 0 Å². The number of nitrogens with one attached hydrogen (secondary N) is 1. The van der Waals surface area contributed by atoms with Crippen LogP contribution in [0.5, 0.6) is 0 Å². The van der Waals surface area contributed by atoms with Gasteiger partial charge in [0.2, 0.25) is 5.91 Å². The van der Waals surface area contributed by atoms with Gasteiger partial charge in [-0.15, -0.1) is 11.8 Å². The third-order valence-electron chi connectivity index (χ3n) is 3.44. The van der Waals surface area contributed by atoms with Crippen LogP contribution in [0.1, 0.15) is 19.8 Å². The van der Waals surface area contributed by atoms with Gasteiger partial charge in [-0.3, -0.25) is 4.79 Å². The predicted octanol–water partition coefficient (Wildman–Crippen LogP) is 2.38. The Hall–Kier alpha value is -1.00. The van der Waals surface area contributed by atoms with Crippen molar-refractivity contribution in [3.05, 3.63) is 30.3 Å². The summed E-state index contributed by atoms with van der Waals surface area (Å²) >= 11 is 1.94. The molecule has 2 rings (SSSR count). The Labute approximate surface area is 119 Å². The van der Waals surface area contributed by atoms with Gasteiger partial charge in [-0.1, -0.05) is 18.2 Å². The molecule has 1 saturated carbocycles. The van der Waals surface area contributed by atoms with Crippen molar-refractivity contribution in [3.8, 4) is 0 Å². The number of nitrogens with zero attached hydrogens (tertiary/aromatic N) is 1. The number of carbonyl (C=O) groups is 1. The quantitative estimate of drug-likeness (QED) is 0.897. The van der Waals surface area contributed by atoms with Crippen molar-refractivity contribution in [2.45, 2.75) is 42.0 Å². The van der Waals surface area contributed by atoms with E-state index in [9.17, 15) is 4.79 Å². The number of amides is 1. The molecule has 0 radical (unpaired) electrons. The van der Waals surface area contributed by atoms with Crippen molar-refractivity contribution in [1.82, 2.24) is 10.2 Å². The molecule has 1 aromatic carbocycles. The molecule has 0 unspecified atom stereocenters. The lowest BCUT2D eigenvalue weighted by atomic mass is 9.91. The Bertz CT molecular complexity index is 415. The summed E-state index contributed by atoms with van der Waals surface area (Å²) in [6.07, 6.45) is 2.29. The molecule has 1 amide bonds. The second-order valence-electron chi connectivity index (χ2n) is 5.34. The van der Waals surface area contributed by atoms with Crippen molar-refractivity contribution in [3.63, 3.8) is 0 Å². The molecule has 1 aromatic rings. The zero-order valence-corrected chi connectivity index (χ0v) is 12.6. The van der Waals surface area contributed by atoms with Crippen LogP contribution in [0.3, 0.4) is 0 Å². The van der Waals surface area contributed by atoms with Gasteiger partial charge in [0.05, 0.1) is 6.04 Å². The van der Waals surface area contributed by atoms with E-state index in [0.29, 0.717) is 11.3 Å². The zero-order chi connectivity index (χ0) is 13.8. The van der Waals surface area contributed by atoms with Crippen molar-refractivity contribution in [2.24, 2.45) is 0 Å². The summed E-state index contributed by atoms with van der Waals surface area (Å²) in [5, 5.41) is 4.09. The molecule has 19 heavy (non-hydrogen) atoms. The fourth-order valence-electron chi connectivity index (χ4n) is 2.30. The second kappa shape index (κ2) is 6.44. The molecule has 0 aliphatic heterocycles. The van der Waals surface area contributed by atoms with E-state index in [1.807, 2.05) is 24.8 Å². The Balaban J connectivity index is 1.70. The summed E-state index contributed by atoms with van der Waals surface area (Å²) in [4.78, 5) is 14.7. The van der Waals surface area contributed by atoms with Crippen molar-refractivity contribution in [2.75, 3.05) is 14.1 Å². The summed E-state index contributed by atoms with van der Waals surface area (Å²) in [7, 11) is 3.60. The van der Waals surface area contributed by atoms with Crippen LogP contribution in [-0.2, 0) is 4.79 Å². The summed E-state index contributed by atoms with van der Waals surface area (Å²) in [5.41, 5.74) is 0. The summed E-state index contributed by atoms with van der Waals surface area (Å²) in [6, 6.07) is 10.9. The molecule has 1 fully saturated rings. The van der Waals surface area contributed by atoms with Crippen LogP contribution in [0.15, 0.2) is 35.2 Å². The number of rotatable bonds is 5. The van der Waals surface area contributed by atoms with Crippen LogP contribution in [0, 0.1) is 0 Å². The topological polar surface area (TPSA) is 32.3 Å². The Morgan fingerprint density at radius 2 is 1.95 bits per heavy atom. The summed E-state index contributed by atoms with van der Waals surface area (Å²) in [5.74, 6) is 0.152. The summed E-state index contributed by atoms with van der Waals surface area (Å²) in [6.45, 7) is 1.94. The molecular formula is C15H22N2OS. The lowest BCUT2D eigenvalue weighted by molar-refractivity contribution is -0.130. The third-order valence-corrected chi connectivity index (χ3v) is 4.70. The number of likely N-dealkylation sites (N-methyl/N-ethyl adjacent to an activating group) is 1. The highest BCUT2D eigenvalue weighted by atomic mass is 32.2. The summed E-state index contributed by atoms with van der Waals surface area (Å²) < 4.78 is 0. The van der Waals surface area contributed by atoms with Gasteiger partial charge in [-0.2, -0.15) is 0 Å². The van der Waals surface area contributed by atoms with E-state index in [0.717, 1.165) is 12.8 Å². The predicted molar refractivity (Wildman–Crippen MR) is 80.4 cm³/mol. The molecule has 3 nitrogen and oxygen atoms in total. The molecule has 0 heterocycles. The maximum Gasteiger partial charge on any atom is 0.238 e. The van der Waals surface area contributed by atoms with Gasteiger partial charge < -0.3 is 10.2 Å². The van der Waals surface area contributed by atoms with Crippen molar-refractivity contribution < 1.29 is 4.79 Å². The number of benzene rings is 1. The largest absolute Gasteiger partial charge is 0.347 e. The first-order valence-corrected chi connectivity index (χ1v) is 7.63. The molecule has 1 N–H and O–H groups in total. The standard InChI is InChI=1S/C15H22N2OS/c1-11(15(18)17(2)3)16-12-9-14(10-12)19-13-7-5-4-6-8-13/h4-8,11-12,14,16H,9-10H2,1-3H3/t11-,12?,14?/m0/s1. The molecule has 4 heteroatoms. The zero-order valence-electron chi connectivity index (χ0n) is 11.8. The maximum atomic E-state index is 11.7. The highest BCUT2D eigenvalue weighted by molar-refractivity contribution is 8.00. The van der Waals surface area contributed by atoms with Gasteiger partial charge in [0.1, 0.15) is 0 Å². The van der Waals surface area contributed by atoms with Gasteiger partial charge in [0, 0.05) is 30.3 Å². The lowest BCUT2D eigenvalue weighted by Crippen LogP contribution is -2.51. The SMILES string of the molecule is C[C@H](NC1CC(Sc2ccccc2)C1)C(=O)N(C)C. The van der Waals surface area contributed by atoms with Crippen LogP contribution in [0.25, 0.3) is 0 Å². The third kappa shape index (κ3) is 3.98. The average Bonchev–Trinajstić information content (AvgIpc) is 2.36.